The molecule has 1 N–H and O–H groups in total. The van der Waals surface area contributed by atoms with E-state index in [2.05, 4.69) is 33.0 Å². The number of amides is 2. The normalized spacial score (nSPS) is 23.2. The Morgan fingerprint density at radius 2 is 1.62 bits per heavy atom. The molecule has 6 heteroatoms. The highest BCUT2D eigenvalue weighted by Crippen LogP contribution is 2.68. The zero-order chi connectivity index (χ0) is 15.1. The molecule has 0 atom stereocenters. The van der Waals surface area contributed by atoms with Gasteiger partial charge in [0.1, 0.15) is 0 Å². The first-order valence-corrected chi connectivity index (χ1v) is 7.43. The summed E-state index contributed by atoms with van der Waals surface area (Å²) in [6, 6.07) is 0. The van der Waals surface area contributed by atoms with Crippen molar-refractivity contribution in [3.63, 3.8) is 0 Å². The lowest BCUT2D eigenvalue weighted by atomic mass is 10.0. The maximum Gasteiger partial charge on any atom is 0.242 e. The molecule has 0 aromatic rings. The van der Waals surface area contributed by atoms with Crippen LogP contribution in [-0.4, -0.2) is 61.4 Å². The van der Waals surface area contributed by atoms with E-state index >= 15 is 0 Å². The third-order valence-electron chi connectivity index (χ3n) is 5.49. The van der Waals surface area contributed by atoms with E-state index in [4.69, 9.17) is 0 Å². The number of likely N-dealkylation sites (N-methyl/N-ethyl adjacent to an activating group) is 1. The number of halogens is 1. The zero-order valence-electron chi connectivity index (χ0n) is 13.7. The van der Waals surface area contributed by atoms with Crippen molar-refractivity contribution >= 4 is 24.2 Å². The first kappa shape index (κ1) is 18.2. The number of carbonyl (C=O) groups is 2. The Morgan fingerprint density at radius 1 is 1.14 bits per heavy atom. The van der Waals surface area contributed by atoms with Crippen molar-refractivity contribution in [3.05, 3.63) is 0 Å². The highest BCUT2D eigenvalue weighted by molar-refractivity contribution is 5.88. The molecule has 21 heavy (non-hydrogen) atoms. The smallest absolute Gasteiger partial charge is 0.242 e. The first-order valence-electron chi connectivity index (χ1n) is 7.43. The molecule has 0 unspecified atom stereocenters. The maximum absolute atomic E-state index is 12.5. The average molecular weight is 318 g/mol. The Hall–Kier alpha value is -0.810. The van der Waals surface area contributed by atoms with Gasteiger partial charge in [0.25, 0.3) is 0 Å². The quantitative estimate of drug-likeness (QED) is 0.844. The van der Waals surface area contributed by atoms with Crippen LogP contribution < -0.4 is 5.32 Å². The molecule has 1 saturated heterocycles. The summed E-state index contributed by atoms with van der Waals surface area (Å²) in [6.45, 7) is 11.9. The minimum atomic E-state index is 0. The molecule has 0 radical (unpaired) electrons. The Bertz CT molecular complexity index is 403. The van der Waals surface area contributed by atoms with Gasteiger partial charge in [0.15, 0.2) is 0 Å². The SMILES string of the molecule is CN(CC(=O)N1CCNCC1)C(=O)C1C(C)(C)C1(C)C.Cl. The van der Waals surface area contributed by atoms with Crippen molar-refractivity contribution in [2.75, 3.05) is 39.8 Å². The average Bonchev–Trinajstić information content (AvgIpc) is 2.79. The molecule has 0 spiro atoms. The van der Waals surface area contributed by atoms with E-state index < -0.39 is 0 Å². The van der Waals surface area contributed by atoms with Gasteiger partial charge in [-0.25, -0.2) is 0 Å². The van der Waals surface area contributed by atoms with Crippen LogP contribution in [0.1, 0.15) is 27.7 Å². The van der Waals surface area contributed by atoms with E-state index in [1.54, 1.807) is 11.9 Å². The monoisotopic (exact) mass is 317 g/mol. The van der Waals surface area contributed by atoms with Crippen LogP contribution in [-0.2, 0) is 9.59 Å². The molecule has 1 heterocycles. The Labute approximate surface area is 133 Å². The minimum Gasteiger partial charge on any atom is -0.339 e. The fraction of sp³-hybridized carbons (Fsp3) is 0.867. The highest BCUT2D eigenvalue weighted by Gasteiger charge is 2.68. The van der Waals surface area contributed by atoms with E-state index in [9.17, 15) is 9.59 Å². The summed E-state index contributed by atoms with van der Waals surface area (Å²) < 4.78 is 0. The molecule has 5 nitrogen and oxygen atoms in total. The summed E-state index contributed by atoms with van der Waals surface area (Å²) in [5.41, 5.74) is 0.0485. The summed E-state index contributed by atoms with van der Waals surface area (Å²) in [5.74, 6) is 0.179. The van der Waals surface area contributed by atoms with Crippen molar-refractivity contribution in [1.82, 2.24) is 15.1 Å². The highest BCUT2D eigenvalue weighted by atomic mass is 35.5. The molecular weight excluding hydrogens is 290 g/mol. The number of rotatable bonds is 3. The van der Waals surface area contributed by atoms with Crippen LogP contribution in [0.2, 0.25) is 0 Å². The van der Waals surface area contributed by atoms with Crippen molar-refractivity contribution in [2.45, 2.75) is 27.7 Å². The molecule has 2 fully saturated rings. The van der Waals surface area contributed by atoms with Crippen LogP contribution in [0.5, 0.6) is 0 Å². The Balaban J connectivity index is 0.00000220. The van der Waals surface area contributed by atoms with Gasteiger partial charge in [0.2, 0.25) is 11.8 Å². The van der Waals surface area contributed by atoms with Crippen molar-refractivity contribution in [1.29, 1.82) is 0 Å². The summed E-state index contributed by atoms with van der Waals surface area (Å²) in [6.07, 6.45) is 0. The van der Waals surface area contributed by atoms with E-state index in [0.29, 0.717) is 0 Å². The zero-order valence-corrected chi connectivity index (χ0v) is 14.5. The van der Waals surface area contributed by atoms with Crippen LogP contribution in [0.4, 0.5) is 0 Å². The molecule has 2 amide bonds. The van der Waals surface area contributed by atoms with Crippen LogP contribution in [0.3, 0.4) is 0 Å². The Morgan fingerprint density at radius 3 is 2.05 bits per heavy atom. The van der Waals surface area contributed by atoms with Gasteiger partial charge < -0.3 is 15.1 Å². The first-order chi connectivity index (χ1) is 9.19. The summed E-state index contributed by atoms with van der Waals surface area (Å²) in [7, 11) is 1.74. The second-order valence-corrected chi connectivity index (χ2v) is 7.20. The number of nitrogens with one attached hydrogen (secondary N) is 1. The molecule has 1 aliphatic heterocycles. The van der Waals surface area contributed by atoms with Crippen molar-refractivity contribution in [2.24, 2.45) is 16.7 Å². The molecule has 1 aliphatic carbocycles. The number of nitrogens with zero attached hydrogens (tertiary/aromatic N) is 2. The lowest BCUT2D eigenvalue weighted by molar-refractivity contribution is -0.141. The van der Waals surface area contributed by atoms with Crippen LogP contribution >= 0.6 is 12.4 Å². The van der Waals surface area contributed by atoms with Gasteiger partial charge in [-0.1, -0.05) is 27.7 Å². The summed E-state index contributed by atoms with van der Waals surface area (Å²) in [5, 5.41) is 3.22. The Kier molecular flexibility index (Phi) is 5.32. The largest absolute Gasteiger partial charge is 0.339 e. The lowest BCUT2D eigenvalue weighted by Gasteiger charge is -2.29. The molecule has 0 aromatic carbocycles. The van der Waals surface area contributed by atoms with E-state index in [-0.39, 0.29) is 47.5 Å². The van der Waals surface area contributed by atoms with Gasteiger partial charge >= 0.3 is 0 Å². The number of hydrogen-bond donors (Lipinski definition) is 1. The van der Waals surface area contributed by atoms with Gasteiger partial charge in [-0.3, -0.25) is 9.59 Å². The fourth-order valence-electron chi connectivity index (χ4n) is 3.33. The molecule has 122 valence electrons. The molecule has 0 aromatic heterocycles. The topological polar surface area (TPSA) is 52.7 Å². The van der Waals surface area contributed by atoms with Crippen LogP contribution in [0, 0.1) is 16.7 Å². The third kappa shape index (κ3) is 3.19. The van der Waals surface area contributed by atoms with E-state index in [1.807, 2.05) is 4.90 Å². The molecule has 1 saturated carbocycles. The summed E-state index contributed by atoms with van der Waals surface area (Å²) >= 11 is 0. The number of carbonyl (C=O) groups excluding carboxylic acids is 2. The molecule has 2 rings (SSSR count). The second kappa shape index (κ2) is 6.13. The predicted molar refractivity (Wildman–Crippen MR) is 85.4 cm³/mol. The van der Waals surface area contributed by atoms with E-state index in [0.717, 1.165) is 26.2 Å². The van der Waals surface area contributed by atoms with Gasteiger partial charge in [-0.05, 0) is 10.8 Å². The lowest BCUT2D eigenvalue weighted by Crippen LogP contribution is -2.50. The van der Waals surface area contributed by atoms with Gasteiger partial charge in [0, 0.05) is 39.1 Å². The van der Waals surface area contributed by atoms with Gasteiger partial charge in [-0.15, -0.1) is 12.4 Å². The number of piperazine rings is 1. The minimum absolute atomic E-state index is 0. The molecule has 2 aliphatic rings. The van der Waals surface area contributed by atoms with Gasteiger partial charge in [-0.2, -0.15) is 0 Å². The van der Waals surface area contributed by atoms with Crippen molar-refractivity contribution in [3.8, 4) is 0 Å². The fourth-order valence-corrected chi connectivity index (χ4v) is 3.33. The predicted octanol–water partition coefficient (Wildman–Crippen LogP) is 0.981. The third-order valence-corrected chi connectivity index (χ3v) is 5.49. The summed E-state index contributed by atoms with van der Waals surface area (Å²) in [4.78, 5) is 28.1. The second-order valence-electron chi connectivity index (χ2n) is 7.20. The molecule has 0 bridgehead atoms. The van der Waals surface area contributed by atoms with Crippen LogP contribution in [0.15, 0.2) is 0 Å². The van der Waals surface area contributed by atoms with Gasteiger partial charge in [0.05, 0.1) is 6.54 Å². The standard InChI is InChI=1S/C15H27N3O2.ClH/c1-14(2)12(15(14,3)4)13(20)17(5)10-11(19)18-8-6-16-7-9-18;/h12,16H,6-10H2,1-5H3;1H. The number of hydrogen-bond acceptors (Lipinski definition) is 3. The maximum atomic E-state index is 12.5. The van der Waals surface area contributed by atoms with Crippen molar-refractivity contribution < 1.29 is 9.59 Å². The molecular formula is C15H28ClN3O2. The van der Waals surface area contributed by atoms with E-state index in [1.165, 1.54) is 0 Å². The van der Waals surface area contributed by atoms with Crippen LogP contribution in [0.25, 0.3) is 0 Å².